The lowest BCUT2D eigenvalue weighted by molar-refractivity contribution is 0.245. The van der Waals surface area contributed by atoms with Gasteiger partial charge in [-0.15, -0.1) is 0 Å². The molecule has 3 rings (SSSR count). The second kappa shape index (κ2) is 6.76. The van der Waals surface area contributed by atoms with Crippen LogP contribution in [0.3, 0.4) is 0 Å². The van der Waals surface area contributed by atoms with Crippen molar-refractivity contribution in [2.24, 2.45) is 5.92 Å². The Bertz CT molecular complexity index is 465. The molecule has 1 aliphatic heterocycles. The van der Waals surface area contributed by atoms with Crippen molar-refractivity contribution in [2.75, 3.05) is 18.0 Å². The molecular formula is C17H24Cl2N2. The molecule has 1 aromatic carbocycles. The molecule has 1 heterocycles. The van der Waals surface area contributed by atoms with Gasteiger partial charge in [0.1, 0.15) is 0 Å². The van der Waals surface area contributed by atoms with Crippen molar-refractivity contribution >= 4 is 28.9 Å². The first kappa shape index (κ1) is 15.5. The molecule has 4 heteroatoms. The molecule has 1 aliphatic carbocycles. The van der Waals surface area contributed by atoms with Crippen molar-refractivity contribution in [2.45, 2.75) is 51.1 Å². The number of piperazine rings is 1. The number of nitrogens with one attached hydrogen (secondary N) is 1. The molecule has 2 nitrogen and oxygen atoms in total. The molecule has 2 fully saturated rings. The first-order valence-electron chi connectivity index (χ1n) is 8.09. The van der Waals surface area contributed by atoms with Gasteiger partial charge in [0.2, 0.25) is 0 Å². The van der Waals surface area contributed by atoms with Gasteiger partial charge in [0, 0.05) is 40.9 Å². The highest BCUT2D eigenvalue weighted by molar-refractivity contribution is 6.35. The van der Waals surface area contributed by atoms with Crippen LogP contribution in [0.25, 0.3) is 0 Å². The topological polar surface area (TPSA) is 15.3 Å². The molecule has 0 radical (unpaired) electrons. The molecule has 2 atom stereocenters. The van der Waals surface area contributed by atoms with Gasteiger partial charge in [0.15, 0.2) is 0 Å². The largest absolute Gasteiger partial charge is 0.366 e. The van der Waals surface area contributed by atoms with Crippen molar-refractivity contribution in [3.05, 3.63) is 28.2 Å². The Balaban J connectivity index is 1.76. The van der Waals surface area contributed by atoms with Crippen LogP contribution in [0.2, 0.25) is 10.0 Å². The first-order chi connectivity index (χ1) is 10.1. The van der Waals surface area contributed by atoms with E-state index in [1.807, 2.05) is 12.1 Å². The Morgan fingerprint density at radius 3 is 2.38 bits per heavy atom. The number of anilines is 1. The summed E-state index contributed by atoms with van der Waals surface area (Å²) in [4.78, 5) is 2.47. The Morgan fingerprint density at radius 2 is 1.71 bits per heavy atom. The predicted molar refractivity (Wildman–Crippen MR) is 91.6 cm³/mol. The number of hydrogen-bond donors (Lipinski definition) is 1. The van der Waals surface area contributed by atoms with E-state index in [0.717, 1.165) is 34.7 Å². The molecule has 0 aromatic heterocycles. The number of nitrogens with zero attached hydrogens (tertiary/aromatic N) is 1. The summed E-state index contributed by atoms with van der Waals surface area (Å²) in [5.41, 5.74) is 1.15. The Labute approximate surface area is 137 Å². The summed E-state index contributed by atoms with van der Waals surface area (Å²) in [6.07, 6.45) is 6.93. The monoisotopic (exact) mass is 326 g/mol. The van der Waals surface area contributed by atoms with Crippen molar-refractivity contribution in [1.82, 2.24) is 5.32 Å². The lowest BCUT2D eigenvalue weighted by Gasteiger charge is -2.44. The Kier molecular flexibility index (Phi) is 4.98. The molecule has 1 aromatic rings. The molecule has 1 N–H and O–H groups in total. The SMILES string of the molecule is CC1CNC(C2CCCCC2)CN1c1cc(Cl)cc(Cl)c1. The lowest BCUT2D eigenvalue weighted by Crippen LogP contribution is -2.58. The smallest absolute Gasteiger partial charge is 0.0441 e. The maximum absolute atomic E-state index is 6.18. The Hall–Kier alpha value is -0.440. The van der Waals surface area contributed by atoms with E-state index < -0.39 is 0 Å². The van der Waals surface area contributed by atoms with E-state index >= 15 is 0 Å². The zero-order chi connectivity index (χ0) is 14.8. The molecule has 0 bridgehead atoms. The van der Waals surface area contributed by atoms with Crippen LogP contribution in [0.5, 0.6) is 0 Å². The van der Waals surface area contributed by atoms with Gasteiger partial charge in [-0.3, -0.25) is 0 Å². The molecule has 2 unspecified atom stereocenters. The third-order valence-corrected chi connectivity index (χ3v) is 5.44. The highest BCUT2D eigenvalue weighted by Crippen LogP contribution is 2.32. The van der Waals surface area contributed by atoms with Crippen molar-refractivity contribution in [1.29, 1.82) is 0 Å². The first-order valence-corrected chi connectivity index (χ1v) is 8.85. The van der Waals surface area contributed by atoms with Crippen LogP contribution in [0.1, 0.15) is 39.0 Å². The average molecular weight is 327 g/mol. The van der Waals surface area contributed by atoms with Gasteiger partial charge >= 0.3 is 0 Å². The quantitative estimate of drug-likeness (QED) is 0.844. The van der Waals surface area contributed by atoms with Gasteiger partial charge in [-0.2, -0.15) is 0 Å². The van der Waals surface area contributed by atoms with Gasteiger partial charge in [0.05, 0.1) is 0 Å². The zero-order valence-electron chi connectivity index (χ0n) is 12.6. The third-order valence-electron chi connectivity index (χ3n) is 5.00. The minimum Gasteiger partial charge on any atom is -0.366 e. The van der Waals surface area contributed by atoms with Crippen LogP contribution in [0, 0.1) is 5.92 Å². The number of halogens is 2. The molecule has 0 amide bonds. The fraction of sp³-hybridized carbons (Fsp3) is 0.647. The fourth-order valence-corrected chi connectivity index (χ4v) is 4.32. The van der Waals surface area contributed by atoms with Crippen LogP contribution in [0.15, 0.2) is 18.2 Å². The average Bonchev–Trinajstić information content (AvgIpc) is 2.47. The number of benzene rings is 1. The Morgan fingerprint density at radius 1 is 1.05 bits per heavy atom. The highest BCUT2D eigenvalue weighted by atomic mass is 35.5. The second-order valence-corrected chi connectivity index (χ2v) is 7.41. The van der Waals surface area contributed by atoms with E-state index in [2.05, 4.69) is 17.1 Å². The number of hydrogen-bond acceptors (Lipinski definition) is 2. The number of rotatable bonds is 2. The van der Waals surface area contributed by atoms with Crippen molar-refractivity contribution < 1.29 is 0 Å². The van der Waals surface area contributed by atoms with Crippen LogP contribution < -0.4 is 10.2 Å². The van der Waals surface area contributed by atoms with Gasteiger partial charge < -0.3 is 10.2 Å². The summed E-state index contributed by atoms with van der Waals surface area (Å²) in [6, 6.07) is 6.94. The molecule has 2 aliphatic rings. The van der Waals surface area contributed by atoms with Gasteiger partial charge in [-0.25, -0.2) is 0 Å². The standard InChI is InChI=1S/C17H24Cl2N2/c1-12-10-20-17(13-5-3-2-4-6-13)11-21(12)16-8-14(18)7-15(19)9-16/h7-9,12-13,17,20H,2-6,10-11H2,1H3. The summed E-state index contributed by atoms with van der Waals surface area (Å²) in [5, 5.41) is 5.20. The molecule has 1 saturated carbocycles. The van der Waals surface area contributed by atoms with E-state index in [9.17, 15) is 0 Å². The van der Waals surface area contributed by atoms with E-state index in [0.29, 0.717) is 12.1 Å². The molecule has 0 spiro atoms. The van der Waals surface area contributed by atoms with Crippen LogP contribution in [-0.4, -0.2) is 25.2 Å². The second-order valence-electron chi connectivity index (χ2n) is 6.54. The van der Waals surface area contributed by atoms with Crippen LogP contribution >= 0.6 is 23.2 Å². The van der Waals surface area contributed by atoms with Crippen LogP contribution in [-0.2, 0) is 0 Å². The summed E-state index contributed by atoms with van der Waals surface area (Å²) in [5.74, 6) is 0.823. The van der Waals surface area contributed by atoms with E-state index in [1.54, 1.807) is 6.07 Å². The predicted octanol–water partition coefficient (Wildman–Crippen LogP) is 4.74. The maximum Gasteiger partial charge on any atom is 0.0441 e. The van der Waals surface area contributed by atoms with E-state index in [1.165, 1.54) is 32.1 Å². The third kappa shape index (κ3) is 3.67. The highest BCUT2D eigenvalue weighted by Gasteiger charge is 2.31. The normalized spacial score (nSPS) is 27.9. The minimum absolute atomic E-state index is 0.472. The zero-order valence-corrected chi connectivity index (χ0v) is 14.1. The fourth-order valence-electron chi connectivity index (χ4n) is 3.81. The lowest BCUT2D eigenvalue weighted by atomic mass is 9.82. The van der Waals surface area contributed by atoms with Gasteiger partial charge in [-0.1, -0.05) is 42.5 Å². The van der Waals surface area contributed by atoms with Gasteiger partial charge in [0.25, 0.3) is 0 Å². The molecule has 21 heavy (non-hydrogen) atoms. The maximum atomic E-state index is 6.18. The summed E-state index contributed by atoms with van der Waals surface area (Å²) >= 11 is 12.4. The molecular weight excluding hydrogens is 303 g/mol. The van der Waals surface area contributed by atoms with Gasteiger partial charge in [-0.05, 0) is 43.9 Å². The van der Waals surface area contributed by atoms with E-state index in [-0.39, 0.29) is 0 Å². The van der Waals surface area contributed by atoms with Crippen LogP contribution in [0.4, 0.5) is 5.69 Å². The summed E-state index contributed by atoms with van der Waals surface area (Å²) in [6.45, 7) is 4.35. The molecule has 1 saturated heterocycles. The molecule has 116 valence electrons. The summed E-state index contributed by atoms with van der Waals surface area (Å²) in [7, 11) is 0. The van der Waals surface area contributed by atoms with Crippen molar-refractivity contribution in [3.8, 4) is 0 Å². The van der Waals surface area contributed by atoms with Crippen molar-refractivity contribution in [3.63, 3.8) is 0 Å². The minimum atomic E-state index is 0.472. The van der Waals surface area contributed by atoms with E-state index in [4.69, 9.17) is 23.2 Å². The summed E-state index contributed by atoms with van der Waals surface area (Å²) < 4.78 is 0.